The average molecular weight is 532 g/mol. The number of nitrogens with zero attached hydrogens (tertiary/aromatic N) is 1. The number of amides is 2. The molecule has 0 heterocycles. The van der Waals surface area contributed by atoms with Crippen molar-refractivity contribution in [3.05, 3.63) is 105 Å². The summed E-state index contributed by atoms with van der Waals surface area (Å²) in [5.41, 5.74) is 1.90. The number of carbonyl (C=O) groups excluding carboxylic acids is 2. The van der Waals surface area contributed by atoms with Crippen molar-refractivity contribution in [3.63, 3.8) is 0 Å². The van der Waals surface area contributed by atoms with E-state index in [1.54, 1.807) is 6.07 Å². The Morgan fingerprint density at radius 1 is 1.00 bits per heavy atom. The third-order valence-corrected chi connectivity index (χ3v) is 6.16. The fourth-order valence-electron chi connectivity index (χ4n) is 3.59. The van der Waals surface area contributed by atoms with Crippen molar-refractivity contribution in [2.24, 2.45) is 0 Å². The Morgan fingerprint density at radius 2 is 1.70 bits per heavy atom. The first-order valence-electron chi connectivity index (χ1n) is 10.7. The van der Waals surface area contributed by atoms with Gasteiger partial charge in [0.05, 0.1) is 6.42 Å². The smallest absolute Gasteiger partial charge is 0.243 e. The quantitative estimate of drug-likeness (QED) is 0.393. The molecule has 3 aromatic rings. The van der Waals surface area contributed by atoms with Crippen molar-refractivity contribution < 1.29 is 14.0 Å². The lowest BCUT2D eigenvalue weighted by atomic mass is 10.0. The van der Waals surface area contributed by atoms with Gasteiger partial charge in [0, 0.05) is 34.6 Å². The van der Waals surface area contributed by atoms with Crippen LogP contribution in [0.5, 0.6) is 0 Å². The average Bonchev–Trinajstić information content (AvgIpc) is 2.80. The Morgan fingerprint density at radius 3 is 2.33 bits per heavy atom. The molecule has 1 unspecified atom stereocenters. The highest BCUT2D eigenvalue weighted by molar-refractivity contribution is 9.10. The van der Waals surface area contributed by atoms with Crippen LogP contribution in [0.1, 0.15) is 23.6 Å². The van der Waals surface area contributed by atoms with E-state index in [1.807, 2.05) is 61.5 Å². The van der Waals surface area contributed by atoms with Gasteiger partial charge < -0.3 is 10.2 Å². The highest BCUT2D eigenvalue weighted by Gasteiger charge is 2.31. The lowest BCUT2D eigenvalue weighted by molar-refractivity contribution is -0.140. The zero-order chi connectivity index (χ0) is 23.8. The Hall–Kier alpha value is -2.70. The fraction of sp³-hybridized carbons (Fsp3) is 0.231. The lowest BCUT2D eigenvalue weighted by Gasteiger charge is -2.31. The zero-order valence-electron chi connectivity index (χ0n) is 18.2. The van der Waals surface area contributed by atoms with Crippen molar-refractivity contribution in [2.45, 2.75) is 32.4 Å². The molecule has 0 saturated carbocycles. The largest absolute Gasteiger partial charge is 0.355 e. The van der Waals surface area contributed by atoms with Gasteiger partial charge in [-0.25, -0.2) is 4.39 Å². The predicted molar refractivity (Wildman–Crippen MR) is 132 cm³/mol. The van der Waals surface area contributed by atoms with Gasteiger partial charge in [-0.3, -0.25) is 9.59 Å². The zero-order valence-corrected chi connectivity index (χ0v) is 20.6. The molecule has 1 atom stereocenters. The number of halogens is 3. The number of hydrogen-bond donors (Lipinski definition) is 1. The number of hydrogen-bond acceptors (Lipinski definition) is 2. The molecule has 4 nitrogen and oxygen atoms in total. The molecular formula is C26H25BrClFN2O2. The van der Waals surface area contributed by atoms with Crippen LogP contribution in [-0.2, 0) is 29.0 Å². The number of carbonyl (C=O) groups is 2. The summed E-state index contributed by atoms with van der Waals surface area (Å²) < 4.78 is 15.3. The molecule has 0 aliphatic rings. The molecule has 0 aliphatic carbocycles. The predicted octanol–water partition coefficient (Wildman–Crippen LogP) is 5.56. The van der Waals surface area contributed by atoms with Crippen molar-refractivity contribution >= 4 is 39.3 Å². The van der Waals surface area contributed by atoms with Crippen LogP contribution < -0.4 is 5.32 Å². The summed E-state index contributed by atoms with van der Waals surface area (Å²) in [6.45, 7) is 2.47. The summed E-state index contributed by atoms with van der Waals surface area (Å²) >= 11 is 9.60. The van der Waals surface area contributed by atoms with Crippen molar-refractivity contribution in [1.29, 1.82) is 0 Å². The standard InChI is InChI=1S/C26H25BrClFN2O2/c1-2-30-26(33)24(15-18-7-4-3-5-8-18)31(17-19-11-13-20(27)14-12-19)25(32)16-21-22(28)9-6-10-23(21)29/h3-14,24H,2,15-17H2,1H3,(H,30,33). The van der Waals surface area contributed by atoms with Crippen LogP contribution in [0.3, 0.4) is 0 Å². The fourth-order valence-corrected chi connectivity index (χ4v) is 4.08. The topological polar surface area (TPSA) is 49.4 Å². The Bertz CT molecular complexity index is 1070. The Labute approximate surface area is 206 Å². The molecule has 7 heteroatoms. The molecule has 2 amide bonds. The van der Waals surface area contributed by atoms with Crippen LogP contribution in [0, 0.1) is 5.82 Å². The second-order valence-electron chi connectivity index (χ2n) is 7.63. The van der Waals surface area contributed by atoms with E-state index in [0.29, 0.717) is 13.0 Å². The molecule has 172 valence electrons. The molecule has 0 radical (unpaired) electrons. The monoisotopic (exact) mass is 530 g/mol. The van der Waals surface area contributed by atoms with E-state index in [1.165, 1.54) is 17.0 Å². The Balaban J connectivity index is 1.98. The van der Waals surface area contributed by atoms with E-state index in [-0.39, 0.29) is 35.4 Å². The molecule has 0 fully saturated rings. The maximum Gasteiger partial charge on any atom is 0.243 e. The molecule has 0 aromatic heterocycles. The first-order valence-corrected chi connectivity index (χ1v) is 11.8. The minimum Gasteiger partial charge on any atom is -0.355 e. The van der Waals surface area contributed by atoms with Gasteiger partial charge in [0.1, 0.15) is 11.9 Å². The van der Waals surface area contributed by atoms with E-state index in [2.05, 4.69) is 21.2 Å². The van der Waals surface area contributed by atoms with E-state index >= 15 is 0 Å². The van der Waals surface area contributed by atoms with E-state index in [0.717, 1.165) is 15.6 Å². The third-order valence-electron chi connectivity index (χ3n) is 5.28. The molecule has 0 spiro atoms. The summed E-state index contributed by atoms with van der Waals surface area (Å²) in [6, 6.07) is 20.6. The van der Waals surface area contributed by atoms with Crippen LogP contribution in [0.25, 0.3) is 0 Å². The molecule has 33 heavy (non-hydrogen) atoms. The molecule has 0 saturated heterocycles. The van der Waals surface area contributed by atoms with Crippen LogP contribution >= 0.6 is 27.5 Å². The summed E-state index contributed by atoms with van der Waals surface area (Å²) in [5, 5.41) is 3.03. The maximum atomic E-state index is 14.4. The van der Waals surface area contributed by atoms with Gasteiger partial charge in [-0.2, -0.15) is 0 Å². The third kappa shape index (κ3) is 6.89. The number of benzene rings is 3. The Kier molecular flexibility index (Phi) is 9.03. The molecule has 1 N–H and O–H groups in total. The van der Waals surface area contributed by atoms with Crippen LogP contribution in [0.4, 0.5) is 4.39 Å². The minimum absolute atomic E-state index is 0.124. The lowest BCUT2D eigenvalue weighted by Crippen LogP contribution is -2.51. The van der Waals surface area contributed by atoms with Crippen LogP contribution in [-0.4, -0.2) is 29.3 Å². The molecule has 0 bridgehead atoms. The molecular weight excluding hydrogens is 507 g/mol. The molecule has 3 rings (SSSR count). The second-order valence-corrected chi connectivity index (χ2v) is 8.95. The van der Waals surface area contributed by atoms with E-state index in [9.17, 15) is 14.0 Å². The first kappa shape index (κ1) is 24.9. The molecule has 3 aromatic carbocycles. The highest BCUT2D eigenvalue weighted by atomic mass is 79.9. The van der Waals surface area contributed by atoms with Crippen molar-refractivity contribution in [1.82, 2.24) is 10.2 Å². The highest BCUT2D eigenvalue weighted by Crippen LogP contribution is 2.23. The second kappa shape index (κ2) is 12.0. The van der Waals surface area contributed by atoms with Crippen molar-refractivity contribution in [3.8, 4) is 0 Å². The van der Waals surface area contributed by atoms with Gasteiger partial charge in [0.2, 0.25) is 11.8 Å². The summed E-state index contributed by atoms with van der Waals surface area (Å²) in [6.07, 6.45) is 0.0900. The summed E-state index contributed by atoms with van der Waals surface area (Å²) in [4.78, 5) is 28.2. The van der Waals surface area contributed by atoms with Gasteiger partial charge in [-0.15, -0.1) is 0 Å². The maximum absolute atomic E-state index is 14.4. The normalized spacial score (nSPS) is 11.6. The number of rotatable bonds is 9. The van der Waals surface area contributed by atoms with Gasteiger partial charge in [-0.05, 0) is 42.3 Å². The summed E-state index contributed by atoms with van der Waals surface area (Å²) in [7, 11) is 0. The van der Waals surface area contributed by atoms with Gasteiger partial charge in [0.15, 0.2) is 0 Å². The first-order chi connectivity index (χ1) is 15.9. The van der Waals surface area contributed by atoms with Gasteiger partial charge >= 0.3 is 0 Å². The minimum atomic E-state index is -0.769. The van der Waals surface area contributed by atoms with E-state index in [4.69, 9.17) is 11.6 Å². The van der Waals surface area contributed by atoms with Gasteiger partial charge in [0.25, 0.3) is 0 Å². The van der Waals surface area contributed by atoms with Crippen molar-refractivity contribution in [2.75, 3.05) is 6.54 Å². The van der Waals surface area contributed by atoms with E-state index < -0.39 is 11.9 Å². The summed E-state index contributed by atoms with van der Waals surface area (Å²) in [5.74, 6) is -1.18. The molecule has 0 aliphatic heterocycles. The SMILES string of the molecule is CCNC(=O)C(Cc1ccccc1)N(Cc1ccc(Br)cc1)C(=O)Cc1c(F)cccc1Cl. The number of nitrogens with one attached hydrogen (secondary N) is 1. The number of likely N-dealkylation sites (N-methyl/N-ethyl adjacent to an activating group) is 1. The van der Waals surface area contributed by atoms with Gasteiger partial charge in [-0.1, -0.05) is 76.1 Å². The van der Waals surface area contributed by atoms with Crippen LogP contribution in [0.2, 0.25) is 5.02 Å². The van der Waals surface area contributed by atoms with Crippen LogP contribution in [0.15, 0.2) is 77.3 Å².